The van der Waals surface area contributed by atoms with Crippen LogP contribution in [0.4, 0.5) is 4.39 Å². The van der Waals surface area contributed by atoms with Crippen LogP contribution in [0.15, 0.2) is 93.4 Å². The molecule has 5 rings (SSSR count). The highest BCUT2D eigenvalue weighted by atomic mass is 19.1. The van der Waals surface area contributed by atoms with E-state index in [2.05, 4.69) is 20.3 Å². The molecule has 1 aliphatic heterocycles. The van der Waals surface area contributed by atoms with Gasteiger partial charge in [0.25, 0.3) is 11.1 Å². The SMILES string of the molecule is NCCCC1(/C=c2\[nH]c(=O)/c(=C/c3cccc(C(=O)c4ccc(F)cc4)c3)[nH]c2=O)NC=NC1c1ccccc1. The van der Waals surface area contributed by atoms with Crippen LogP contribution in [-0.4, -0.2) is 34.2 Å². The summed E-state index contributed by atoms with van der Waals surface area (Å²) in [4.78, 5) is 49.1. The molecule has 2 heterocycles. The highest BCUT2D eigenvalue weighted by Crippen LogP contribution is 2.37. The lowest BCUT2D eigenvalue weighted by Crippen LogP contribution is -2.51. The molecule has 0 amide bonds. The van der Waals surface area contributed by atoms with Crippen molar-refractivity contribution < 1.29 is 9.18 Å². The summed E-state index contributed by atoms with van der Waals surface area (Å²) in [5, 5.41) is 3.45. The van der Waals surface area contributed by atoms with Gasteiger partial charge in [0.15, 0.2) is 5.78 Å². The predicted octanol–water partition coefficient (Wildman–Crippen LogP) is 1.89. The van der Waals surface area contributed by atoms with Crippen molar-refractivity contribution in [3.63, 3.8) is 0 Å². The lowest BCUT2D eigenvalue weighted by Gasteiger charge is -2.32. The van der Waals surface area contributed by atoms with Crippen LogP contribution in [0, 0.1) is 5.82 Å². The molecule has 0 aliphatic carbocycles. The number of carbonyl (C=O) groups is 1. The summed E-state index contributed by atoms with van der Waals surface area (Å²) in [6, 6.07) is 21.3. The molecular formula is C31H28FN5O3. The monoisotopic (exact) mass is 537 g/mol. The minimum atomic E-state index is -0.753. The van der Waals surface area contributed by atoms with Gasteiger partial charge in [0.1, 0.15) is 22.6 Å². The number of nitrogens with zero attached hydrogens (tertiary/aromatic N) is 1. The second kappa shape index (κ2) is 11.5. The second-order valence-electron chi connectivity index (χ2n) is 9.65. The van der Waals surface area contributed by atoms with Crippen molar-refractivity contribution in [1.29, 1.82) is 0 Å². The van der Waals surface area contributed by atoms with Crippen LogP contribution in [0.25, 0.3) is 12.2 Å². The van der Waals surface area contributed by atoms with Crippen LogP contribution in [0.5, 0.6) is 0 Å². The zero-order valence-corrected chi connectivity index (χ0v) is 21.6. The lowest BCUT2D eigenvalue weighted by atomic mass is 9.82. The lowest BCUT2D eigenvalue weighted by molar-refractivity contribution is 0.103. The molecule has 9 heteroatoms. The maximum absolute atomic E-state index is 13.2. The summed E-state index contributed by atoms with van der Waals surface area (Å²) >= 11 is 0. The Bertz CT molecular complexity index is 1800. The Balaban J connectivity index is 1.52. The normalized spacial score (nSPS) is 19.1. The third kappa shape index (κ3) is 5.60. The van der Waals surface area contributed by atoms with Gasteiger partial charge in [-0.25, -0.2) is 4.39 Å². The van der Waals surface area contributed by atoms with Crippen molar-refractivity contribution in [2.45, 2.75) is 24.4 Å². The Kier molecular flexibility index (Phi) is 7.65. The number of halogens is 1. The molecule has 5 N–H and O–H groups in total. The Morgan fingerprint density at radius 3 is 2.40 bits per heavy atom. The molecule has 40 heavy (non-hydrogen) atoms. The first-order chi connectivity index (χ1) is 19.4. The van der Waals surface area contributed by atoms with Crippen LogP contribution in [0.1, 0.15) is 45.9 Å². The van der Waals surface area contributed by atoms with Gasteiger partial charge in [-0.1, -0.05) is 48.5 Å². The van der Waals surface area contributed by atoms with Gasteiger partial charge in [-0.15, -0.1) is 0 Å². The third-order valence-electron chi connectivity index (χ3n) is 6.91. The predicted molar refractivity (Wildman–Crippen MR) is 153 cm³/mol. The van der Waals surface area contributed by atoms with Gasteiger partial charge >= 0.3 is 0 Å². The fourth-order valence-corrected chi connectivity index (χ4v) is 4.92. The molecule has 0 saturated carbocycles. The van der Waals surface area contributed by atoms with Crippen LogP contribution >= 0.6 is 0 Å². The first kappa shape index (κ1) is 26.7. The Hall–Kier alpha value is -4.89. The fourth-order valence-electron chi connectivity index (χ4n) is 4.92. The second-order valence-corrected chi connectivity index (χ2v) is 9.65. The van der Waals surface area contributed by atoms with Crippen molar-refractivity contribution >= 4 is 24.3 Å². The van der Waals surface area contributed by atoms with E-state index in [0.29, 0.717) is 36.1 Å². The molecule has 4 aromatic rings. The van der Waals surface area contributed by atoms with Crippen LogP contribution in [0.3, 0.4) is 0 Å². The van der Waals surface area contributed by atoms with Gasteiger partial charge in [0, 0.05) is 11.1 Å². The number of hydrogen-bond donors (Lipinski definition) is 4. The summed E-state index contributed by atoms with van der Waals surface area (Å²) in [6.45, 7) is 0.461. The third-order valence-corrected chi connectivity index (χ3v) is 6.91. The first-order valence-electron chi connectivity index (χ1n) is 12.9. The van der Waals surface area contributed by atoms with E-state index in [1.54, 1.807) is 36.7 Å². The molecule has 8 nitrogen and oxygen atoms in total. The van der Waals surface area contributed by atoms with Crippen LogP contribution < -0.4 is 32.9 Å². The molecule has 2 atom stereocenters. The minimum absolute atomic E-state index is 0.0415. The maximum Gasteiger partial charge on any atom is 0.272 e. The van der Waals surface area contributed by atoms with E-state index < -0.39 is 22.5 Å². The minimum Gasteiger partial charge on any atom is -0.365 e. The Morgan fingerprint density at radius 2 is 1.65 bits per heavy atom. The molecule has 0 spiro atoms. The number of carbonyl (C=O) groups excluding carboxylic acids is 1. The average Bonchev–Trinajstić information content (AvgIpc) is 3.38. The van der Waals surface area contributed by atoms with Crippen LogP contribution in [-0.2, 0) is 0 Å². The average molecular weight is 538 g/mol. The summed E-state index contributed by atoms with van der Waals surface area (Å²) < 4.78 is 13.2. The van der Waals surface area contributed by atoms with Crippen molar-refractivity contribution in [2.75, 3.05) is 6.54 Å². The molecule has 1 aromatic heterocycles. The molecule has 0 fully saturated rings. The van der Waals surface area contributed by atoms with Gasteiger partial charge in [-0.3, -0.25) is 19.4 Å². The van der Waals surface area contributed by atoms with Gasteiger partial charge in [0.2, 0.25) is 0 Å². The maximum atomic E-state index is 13.2. The van der Waals surface area contributed by atoms with E-state index in [1.807, 2.05) is 30.3 Å². The topological polar surface area (TPSA) is 133 Å². The molecule has 3 aromatic carbocycles. The van der Waals surface area contributed by atoms with E-state index in [9.17, 15) is 18.8 Å². The number of aromatic amines is 2. The van der Waals surface area contributed by atoms with E-state index >= 15 is 0 Å². The number of benzene rings is 3. The standard InChI is InChI=1S/C31H28FN5O3/c32-24-12-10-21(11-13-24)27(38)23-9-4-6-20(16-23)17-25-29(39)37-26(30(40)36-25)18-31(14-5-15-33)28(34-19-35-31)22-7-2-1-3-8-22/h1-4,6-13,16-19,28H,5,14-15,33H2,(H,34,35)(H,36,40)(H,37,39)/b25-17-,26-18-. The van der Waals surface area contributed by atoms with E-state index in [1.165, 1.54) is 30.3 Å². The van der Waals surface area contributed by atoms with E-state index in [0.717, 1.165) is 5.56 Å². The van der Waals surface area contributed by atoms with Crippen molar-refractivity contribution in [3.8, 4) is 0 Å². The molecule has 0 bridgehead atoms. The zero-order valence-electron chi connectivity index (χ0n) is 21.6. The summed E-state index contributed by atoms with van der Waals surface area (Å²) in [6.07, 6.45) is 6.11. The highest BCUT2D eigenvalue weighted by molar-refractivity contribution is 6.09. The largest absolute Gasteiger partial charge is 0.365 e. The Morgan fingerprint density at radius 1 is 0.925 bits per heavy atom. The smallest absolute Gasteiger partial charge is 0.272 e. The van der Waals surface area contributed by atoms with Crippen molar-refractivity contribution in [1.82, 2.24) is 15.3 Å². The molecular weight excluding hydrogens is 509 g/mol. The van der Waals surface area contributed by atoms with Crippen LogP contribution in [0.2, 0.25) is 0 Å². The van der Waals surface area contributed by atoms with Gasteiger partial charge in [0.05, 0.1) is 11.9 Å². The van der Waals surface area contributed by atoms with Crippen molar-refractivity contribution in [2.24, 2.45) is 10.7 Å². The zero-order chi connectivity index (χ0) is 28.1. The van der Waals surface area contributed by atoms with Crippen molar-refractivity contribution in [3.05, 3.63) is 138 Å². The van der Waals surface area contributed by atoms with Gasteiger partial charge in [-0.2, -0.15) is 0 Å². The van der Waals surface area contributed by atoms with E-state index in [-0.39, 0.29) is 22.5 Å². The van der Waals surface area contributed by atoms with E-state index in [4.69, 9.17) is 5.73 Å². The number of rotatable bonds is 8. The Labute approximate surface area is 228 Å². The number of aliphatic imine (C=N–C) groups is 1. The number of hydrogen-bond acceptors (Lipinski definition) is 6. The van der Waals surface area contributed by atoms with Gasteiger partial charge < -0.3 is 21.0 Å². The number of nitrogens with two attached hydrogens (primary N) is 1. The molecule has 202 valence electrons. The van der Waals surface area contributed by atoms with Gasteiger partial charge in [-0.05, 0) is 73.0 Å². The molecule has 2 unspecified atom stereocenters. The highest BCUT2D eigenvalue weighted by Gasteiger charge is 2.40. The number of aromatic nitrogens is 2. The summed E-state index contributed by atoms with van der Waals surface area (Å²) in [5.74, 6) is -0.718. The fraction of sp³-hybridized carbons (Fsp3) is 0.161. The first-order valence-corrected chi connectivity index (χ1v) is 12.9. The number of nitrogens with one attached hydrogen (secondary N) is 3. The summed E-state index contributed by atoms with van der Waals surface area (Å²) in [7, 11) is 0. The quantitative estimate of drug-likeness (QED) is 0.255. The molecule has 0 saturated heterocycles. The molecule has 0 radical (unpaired) electrons. The summed E-state index contributed by atoms with van der Waals surface area (Å²) in [5.41, 5.74) is 6.30. The molecule has 1 aliphatic rings. The number of H-pyrrole nitrogens is 2. The number of ketones is 1.